The van der Waals surface area contributed by atoms with Crippen molar-refractivity contribution < 1.29 is 23.7 Å². The first-order valence-corrected chi connectivity index (χ1v) is 7.72. The molecule has 0 radical (unpaired) electrons. The van der Waals surface area contributed by atoms with Crippen molar-refractivity contribution in [1.82, 2.24) is 0 Å². The van der Waals surface area contributed by atoms with Crippen LogP contribution >= 0.6 is 0 Å². The Hall–Kier alpha value is -0.200. The van der Waals surface area contributed by atoms with Gasteiger partial charge in [-0.15, -0.1) is 0 Å². The van der Waals surface area contributed by atoms with Gasteiger partial charge in [0, 0.05) is 13.2 Å². The minimum atomic E-state index is 0.0372. The van der Waals surface area contributed by atoms with Crippen LogP contribution in [0, 0.1) is 5.41 Å². The van der Waals surface area contributed by atoms with Crippen LogP contribution in [0.2, 0.25) is 0 Å². The van der Waals surface area contributed by atoms with Gasteiger partial charge in [0.15, 0.2) is 0 Å². The maximum absolute atomic E-state index is 5.67. The van der Waals surface area contributed by atoms with E-state index in [1.165, 1.54) is 0 Å². The van der Waals surface area contributed by atoms with E-state index in [0.29, 0.717) is 39.6 Å². The molecular formula is C15H30O5. The lowest BCUT2D eigenvalue weighted by Gasteiger charge is -2.40. The summed E-state index contributed by atoms with van der Waals surface area (Å²) in [5.74, 6) is 0. The maximum atomic E-state index is 5.67. The Morgan fingerprint density at radius 1 is 0.700 bits per heavy atom. The average Bonchev–Trinajstić information content (AvgIpc) is 2.42. The summed E-state index contributed by atoms with van der Waals surface area (Å²) in [6.45, 7) is 11.2. The Balaban J connectivity index is 1.98. The van der Waals surface area contributed by atoms with Crippen LogP contribution in [0.4, 0.5) is 0 Å². The predicted octanol–water partition coefficient (Wildman–Crippen LogP) is 1.89. The molecule has 0 saturated carbocycles. The highest BCUT2D eigenvalue weighted by Crippen LogP contribution is 2.28. The molecule has 0 unspecified atom stereocenters. The molecule has 0 bridgehead atoms. The van der Waals surface area contributed by atoms with Gasteiger partial charge in [0.05, 0.1) is 58.3 Å². The van der Waals surface area contributed by atoms with E-state index >= 15 is 0 Å². The van der Waals surface area contributed by atoms with E-state index in [1.807, 2.05) is 0 Å². The number of hydrogen-bond acceptors (Lipinski definition) is 5. The van der Waals surface area contributed by atoms with Crippen LogP contribution in [0.15, 0.2) is 0 Å². The summed E-state index contributed by atoms with van der Waals surface area (Å²) in [4.78, 5) is 0. The van der Waals surface area contributed by atoms with Crippen LogP contribution < -0.4 is 0 Å². The normalized spacial score (nSPS) is 17.1. The average molecular weight is 290 g/mol. The largest absolute Gasteiger partial charge is 0.380 e. The summed E-state index contributed by atoms with van der Waals surface area (Å²) in [6, 6.07) is 0. The van der Waals surface area contributed by atoms with Crippen molar-refractivity contribution in [3.8, 4) is 0 Å². The Labute approximate surface area is 122 Å². The van der Waals surface area contributed by atoms with Crippen molar-refractivity contribution in [3.63, 3.8) is 0 Å². The summed E-state index contributed by atoms with van der Waals surface area (Å²) in [5.41, 5.74) is 0.0372. The summed E-state index contributed by atoms with van der Waals surface area (Å²) < 4.78 is 27.4. The molecule has 0 aromatic rings. The van der Waals surface area contributed by atoms with Gasteiger partial charge in [-0.25, -0.2) is 0 Å². The van der Waals surface area contributed by atoms with Crippen LogP contribution in [0.5, 0.6) is 0 Å². The molecule has 0 spiro atoms. The van der Waals surface area contributed by atoms with Crippen LogP contribution in [-0.4, -0.2) is 66.1 Å². The van der Waals surface area contributed by atoms with Crippen LogP contribution in [0.25, 0.3) is 0 Å². The van der Waals surface area contributed by atoms with Gasteiger partial charge in [0.2, 0.25) is 0 Å². The second-order valence-corrected chi connectivity index (χ2v) is 5.32. The van der Waals surface area contributed by atoms with Crippen LogP contribution in [-0.2, 0) is 23.7 Å². The fourth-order valence-electron chi connectivity index (χ4n) is 1.90. The minimum absolute atomic E-state index is 0.0372. The SMILES string of the molecule is CCCOCCOCC1(COCCOCCC)COC1. The van der Waals surface area contributed by atoms with Crippen LogP contribution in [0.1, 0.15) is 26.7 Å². The second-order valence-electron chi connectivity index (χ2n) is 5.32. The van der Waals surface area contributed by atoms with E-state index in [0.717, 1.165) is 39.3 Å². The smallest absolute Gasteiger partial charge is 0.0700 e. The molecule has 0 aliphatic carbocycles. The molecule has 1 heterocycles. The molecule has 0 atom stereocenters. The molecule has 20 heavy (non-hydrogen) atoms. The van der Waals surface area contributed by atoms with Crippen LogP contribution in [0.3, 0.4) is 0 Å². The quantitative estimate of drug-likeness (QED) is 0.457. The number of hydrogen-bond donors (Lipinski definition) is 0. The van der Waals surface area contributed by atoms with Crippen molar-refractivity contribution in [1.29, 1.82) is 0 Å². The third-order valence-electron chi connectivity index (χ3n) is 3.07. The zero-order valence-corrected chi connectivity index (χ0v) is 13.0. The zero-order chi connectivity index (χ0) is 14.5. The molecule has 1 rings (SSSR count). The van der Waals surface area contributed by atoms with E-state index in [4.69, 9.17) is 23.7 Å². The first-order valence-electron chi connectivity index (χ1n) is 7.72. The Kier molecular flexibility index (Phi) is 10.2. The summed E-state index contributed by atoms with van der Waals surface area (Å²) in [6.07, 6.45) is 2.09. The third kappa shape index (κ3) is 7.55. The lowest BCUT2D eigenvalue weighted by molar-refractivity contribution is -0.181. The monoisotopic (exact) mass is 290 g/mol. The number of ether oxygens (including phenoxy) is 5. The van der Waals surface area contributed by atoms with Gasteiger partial charge in [-0.2, -0.15) is 0 Å². The molecule has 0 aromatic heterocycles. The van der Waals surface area contributed by atoms with Crippen molar-refractivity contribution in [2.45, 2.75) is 26.7 Å². The molecule has 0 amide bonds. The summed E-state index contributed by atoms with van der Waals surface area (Å²) in [5, 5.41) is 0. The predicted molar refractivity (Wildman–Crippen MR) is 77.1 cm³/mol. The van der Waals surface area contributed by atoms with Gasteiger partial charge in [-0.05, 0) is 12.8 Å². The van der Waals surface area contributed by atoms with Crippen molar-refractivity contribution in [2.75, 3.05) is 66.1 Å². The van der Waals surface area contributed by atoms with Crippen molar-refractivity contribution in [2.24, 2.45) is 5.41 Å². The lowest BCUT2D eigenvalue weighted by atomic mass is 9.88. The fraction of sp³-hybridized carbons (Fsp3) is 1.00. The van der Waals surface area contributed by atoms with Gasteiger partial charge in [-0.3, -0.25) is 0 Å². The fourth-order valence-corrected chi connectivity index (χ4v) is 1.90. The van der Waals surface area contributed by atoms with E-state index in [-0.39, 0.29) is 5.41 Å². The van der Waals surface area contributed by atoms with E-state index in [9.17, 15) is 0 Å². The molecule has 1 aliphatic heterocycles. The number of rotatable bonds is 14. The molecule has 0 aromatic carbocycles. The van der Waals surface area contributed by atoms with E-state index in [1.54, 1.807) is 0 Å². The highest BCUT2D eigenvalue weighted by atomic mass is 16.6. The van der Waals surface area contributed by atoms with Gasteiger partial charge >= 0.3 is 0 Å². The summed E-state index contributed by atoms with van der Waals surface area (Å²) >= 11 is 0. The standard InChI is InChI=1S/C15H30O5/c1-3-5-16-7-9-18-11-15(13-20-14-15)12-19-10-8-17-6-4-2/h3-14H2,1-2H3. The first kappa shape index (κ1) is 17.9. The zero-order valence-electron chi connectivity index (χ0n) is 13.0. The molecule has 1 aliphatic rings. The molecule has 1 saturated heterocycles. The highest BCUT2D eigenvalue weighted by molar-refractivity contribution is 4.85. The maximum Gasteiger partial charge on any atom is 0.0700 e. The van der Waals surface area contributed by atoms with Gasteiger partial charge in [0.25, 0.3) is 0 Å². The van der Waals surface area contributed by atoms with Crippen molar-refractivity contribution >= 4 is 0 Å². The molecule has 120 valence electrons. The Morgan fingerprint density at radius 2 is 1.15 bits per heavy atom. The lowest BCUT2D eigenvalue weighted by Crippen LogP contribution is -2.50. The third-order valence-corrected chi connectivity index (χ3v) is 3.07. The van der Waals surface area contributed by atoms with E-state index in [2.05, 4.69) is 13.8 Å². The van der Waals surface area contributed by atoms with Crippen molar-refractivity contribution in [3.05, 3.63) is 0 Å². The molecule has 5 nitrogen and oxygen atoms in total. The minimum Gasteiger partial charge on any atom is -0.380 e. The Morgan fingerprint density at radius 3 is 1.50 bits per heavy atom. The van der Waals surface area contributed by atoms with Gasteiger partial charge in [0.1, 0.15) is 0 Å². The van der Waals surface area contributed by atoms with Gasteiger partial charge < -0.3 is 23.7 Å². The Bertz CT molecular complexity index is 200. The molecule has 1 fully saturated rings. The first-order chi connectivity index (χ1) is 9.83. The molecular weight excluding hydrogens is 260 g/mol. The molecule has 5 heteroatoms. The topological polar surface area (TPSA) is 46.2 Å². The van der Waals surface area contributed by atoms with E-state index < -0.39 is 0 Å². The second kappa shape index (κ2) is 11.5. The molecule has 0 N–H and O–H groups in total. The summed E-state index contributed by atoms with van der Waals surface area (Å²) in [7, 11) is 0. The highest BCUT2D eigenvalue weighted by Gasteiger charge is 2.39. The van der Waals surface area contributed by atoms with Gasteiger partial charge in [-0.1, -0.05) is 13.8 Å².